The van der Waals surface area contributed by atoms with Crippen LogP contribution in [0.1, 0.15) is 227 Å². The first kappa shape index (κ1) is 111. The van der Waals surface area contributed by atoms with Crippen LogP contribution >= 0.6 is 0 Å². The topological polar surface area (TPSA) is 686 Å². The number of carbonyl (C=O) groups excluding carboxylic acids is 4. The van der Waals surface area contributed by atoms with Crippen molar-refractivity contribution < 1.29 is 193 Å². The normalized spacial score (nSPS) is 35.1. The number of amides is 4. The van der Waals surface area contributed by atoms with Gasteiger partial charge in [-0.25, -0.2) is 9.59 Å². The third-order valence-corrected chi connectivity index (χ3v) is 24.1. The summed E-state index contributed by atoms with van der Waals surface area (Å²) in [5, 5.41) is 247. The van der Waals surface area contributed by atoms with Crippen molar-refractivity contribution in [2.24, 2.45) is 0 Å². The number of carbonyl (C=O) groups is 6. The summed E-state index contributed by atoms with van der Waals surface area (Å²) in [4.78, 5) is 79.6. The minimum atomic E-state index is -3.50. The Bertz CT molecular complexity index is 3200. The van der Waals surface area contributed by atoms with Crippen molar-refractivity contribution in [1.29, 1.82) is 0 Å². The average Bonchev–Trinajstić information content (AvgIpc) is 0.749. The Morgan fingerprint density at radius 1 is 0.409 bits per heavy atom. The smallest absolute Gasteiger partial charge is 0.364 e. The van der Waals surface area contributed by atoms with E-state index < -0.39 is 302 Å². The molecule has 6 aliphatic rings. The molecule has 0 saturated carbocycles. The number of unbranched alkanes of at least 4 members (excludes halogenated alkanes) is 25. The van der Waals surface area contributed by atoms with Gasteiger partial charge in [-0.3, -0.25) is 19.2 Å². The monoisotopic (exact) mass is 1840 g/mol. The van der Waals surface area contributed by atoms with E-state index in [-0.39, 0.29) is 6.42 Å². The van der Waals surface area contributed by atoms with Gasteiger partial charge < -0.3 is 185 Å². The van der Waals surface area contributed by atoms with Crippen molar-refractivity contribution >= 4 is 35.6 Å². The summed E-state index contributed by atoms with van der Waals surface area (Å²) in [5.41, 5.74) is 0. The molecule has 0 aromatic heterocycles. The van der Waals surface area contributed by atoms with Gasteiger partial charge in [0.25, 0.3) is 11.6 Å². The molecule has 6 aliphatic heterocycles. The molecule has 6 rings (SSSR count). The molecule has 0 spiro atoms. The van der Waals surface area contributed by atoms with Gasteiger partial charge in [0.05, 0.1) is 82.7 Å². The van der Waals surface area contributed by atoms with Crippen LogP contribution in [0.15, 0.2) is 12.2 Å². The fourth-order valence-electron chi connectivity index (χ4n) is 16.9. The zero-order valence-corrected chi connectivity index (χ0v) is 73.5. The molecule has 34 atom stereocenters. The molecule has 0 aromatic carbocycles. The Morgan fingerprint density at radius 2 is 0.772 bits per heavy atom. The van der Waals surface area contributed by atoms with Crippen LogP contribution in [-0.2, 0) is 85.6 Å². The lowest BCUT2D eigenvalue weighted by Gasteiger charge is -2.53. The molecule has 25 N–H and O–H groups in total. The van der Waals surface area contributed by atoms with E-state index in [2.05, 4.69) is 35.1 Å². The predicted molar refractivity (Wildman–Crippen MR) is 440 cm³/mol. The molecular weight excluding hydrogens is 1690 g/mol. The average molecular weight is 1840 g/mol. The Kier molecular flexibility index (Phi) is 49.4. The second kappa shape index (κ2) is 56.5. The van der Waals surface area contributed by atoms with E-state index in [1.54, 1.807) is 6.08 Å². The summed E-state index contributed by atoms with van der Waals surface area (Å²) in [6.45, 7) is -0.838. The van der Waals surface area contributed by atoms with E-state index in [4.69, 9.17) is 56.8 Å². The number of hydrogen-bond acceptors (Lipinski definition) is 37. The van der Waals surface area contributed by atoms with E-state index >= 15 is 0 Å². The maximum Gasteiger partial charge on any atom is 0.364 e. The molecule has 6 saturated heterocycles. The van der Waals surface area contributed by atoms with Gasteiger partial charge >= 0.3 is 11.9 Å². The Balaban J connectivity index is 1.30. The molecule has 12 unspecified atom stereocenters. The van der Waals surface area contributed by atoms with Gasteiger partial charge in [0.2, 0.25) is 23.6 Å². The molecule has 6 fully saturated rings. The van der Waals surface area contributed by atoms with E-state index in [1.165, 1.54) is 102 Å². The van der Waals surface area contributed by atoms with Crippen LogP contribution < -0.4 is 21.3 Å². The van der Waals surface area contributed by atoms with Gasteiger partial charge in [0.15, 0.2) is 25.2 Å². The van der Waals surface area contributed by atoms with Crippen molar-refractivity contribution in [1.82, 2.24) is 21.3 Å². The Morgan fingerprint density at radius 3 is 1.20 bits per heavy atom. The molecule has 738 valence electrons. The lowest BCUT2D eigenvalue weighted by Crippen LogP contribution is -2.72. The van der Waals surface area contributed by atoms with Crippen molar-refractivity contribution in [2.75, 3.05) is 46.2 Å². The quantitative estimate of drug-likeness (QED) is 0.0205. The van der Waals surface area contributed by atoms with Gasteiger partial charge in [0.1, 0.15) is 134 Å². The molecule has 43 heteroatoms. The zero-order valence-electron chi connectivity index (χ0n) is 73.5. The summed E-state index contributed by atoms with van der Waals surface area (Å²) in [6.07, 6.45) is -32.2. The lowest BCUT2D eigenvalue weighted by atomic mass is 9.88. The third-order valence-electron chi connectivity index (χ3n) is 24.1. The Hall–Kier alpha value is -4.68. The molecule has 0 aromatic rings. The highest BCUT2D eigenvalue weighted by atomic mass is 16.8. The summed E-state index contributed by atoms with van der Waals surface area (Å²) >= 11 is 0. The van der Waals surface area contributed by atoms with Crippen LogP contribution in [0.3, 0.4) is 0 Å². The number of nitrogens with one attached hydrogen (secondary N) is 4. The number of allylic oxidation sites excluding steroid dienone is 1. The molecule has 0 aliphatic carbocycles. The number of rotatable bonds is 59. The number of hydrogen-bond donors (Lipinski definition) is 25. The molecule has 6 heterocycles. The molecule has 43 nitrogen and oxygen atoms in total. The zero-order chi connectivity index (χ0) is 93.8. The third kappa shape index (κ3) is 32.6. The number of ether oxygens (including phenoxy) is 12. The predicted octanol–water partition coefficient (Wildman–Crippen LogP) is -3.87. The van der Waals surface area contributed by atoms with Crippen molar-refractivity contribution in [3.05, 3.63) is 12.2 Å². The minimum absolute atomic E-state index is 0.0952. The molecule has 4 amide bonds. The first-order chi connectivity index (χ1) is 60.6. The summed E-state index contributed by atoms with van der Waals surface area (Å²) in [6, 6.07) is -6.94. The van der Waals surface area contributed by atoms with E-state index in [0.717, 1.165) is 85.0 Å². The maximum atomic E-state index is 14.0. The van der Waals surface area contributed by atoms with Gasteiger partial charge in [-0.2, -0.15) is 0 Å². The van der Waals surface area contributed by atoms with Crippen molar-refractivity contribution in [3.8, 4) is 0 Å². The van der Waals surface area contributed by atoms with E-state index in [9.17, 15) is 136 Å². The van der Waals surface area contributed by atoms with Gasteiger partial charge in [-0.05, 0) is 19.3 Å². The van der Waals surface area contributed by atoms with Crippen LogP contribution in [-0.4, -0.2) is 396 Å². The van der Waals surface area contributed by atoms with E-state index in [1.807, 2.05) is 0 Å². The number of aliphatic carboxylic acids is 2. The molecule has 127 heavy (non-hydrogen) atoms. The van der Waals surface area contributed by atoms with Gasteiger partial charge in [-0.15, -0.1) is 0 Å². The molecule has 0 bridgehead atoms. The number of aliphatic hydroxyl groups is 19. The molecule has 0 radical (unpaired) electrons. The fraction of sp³-hybridized carbons (Fsp3) is 0.905. The highest BCUT2D eigenvalue weighted by Gasteiger charge is 2.64. The maximum absolute atomic E-state index is 14.0. The number of carboxylic acid groups (broad SMARTS) is 2. The standard InChI is InChI=1S/C84H148N4O39/c1-6-8-10-12-14-16-18-20-21-23-25-27-29-31-33-35-58(103)88-48(49(98)34-32-30-28-26-24-22-19-17-15-13-11-9-7-2)44-116-78-67(109)66(108)70(56(42-93)119-78)121-80-69(111)76(127-84(82(114)115)37-51(100)60(86-46(4)96)74(125-84)63(105)53(102)39-90)71(57(43-94)120-80)122-77-61(87-47(5)97)72(64(106)54(40-91)117-77)123-79-68(110)75(65(107)55(41-92)118-79)126-83(81(112)113)36-50(99)59(85-45(3)95)73(124-83)62(104)52(101)38-89/h32,34,48-57,59-80,89-94,98-102,104-111H,6-31,33,35-44H2,1-5H3,(H,85,95)(H,86,96)(H,87,97)(H,88,103)(H,112,113)(H,114,115)/b34-32+/t48-,49+,50?,51?,52+,53+,54?,55?,56?,57?,59+,60+,61?,62+,63+,64-,65-,66+,67?,68?,69?,70+,71-,72+,73?,74?,75-,76+,77-,78+,79-,80-,83-,84-/m0/s1. The summed E-state index contributed by atoms with van der Waals surface area (Å²) < 4.78 is 72.4. The highest BCUT2D eigenvalue weighted by molar-refractivity contribution is 5.78. The highest BCUT2D eigenvalue weighted by Crippen LogP contribution is 2.43. The summed E-state index contributed by atoms with van der Waals surface area (Å²) in [5.74, 6) is -14.5. The van der Waals surface area contributed by atoms with Crippen molar-refractivity contribution in [2.45, 2.75) is 435 Å². The number of aliphatic hydroxyl groups excluding tert-OH is 19. The van der Waals surface area contributed by atoms with Crippen LogP contribution in [0, 0.1) is 0 Å². The first-order valence-electron chi connectivity index (χ1n) is 45.2. The van der Waals surface area contributed by atoms with E-state index in [0.29, 0.717) is 12.8 Å². The summed E-state index contributed by atoms with van der Waals surface area (Å²) in [7, 11) is 0. The van der Waals surface area contributed by atoms with Crippen LogP contribution in [0.4, 0.5) is 0 Å². The Labute approximate surface area is 740 Å². The molecular formula is C84H148N4O39. The number of carboxylic acids is 2. The van der Waals surface area contributed by atoms with Gasteiger partial charge in [0, 0.05) is 40.0 Å². The second-order valence-corrected chi connectivity index (χ2v) is 34.2. The fourth-order valence-corrected chi connectivity index (χ4v) is 16.9. The van der Waals surface area contributed by atoms with Gasteiger partial charge in [-0.1, -0.05) is 180 Å². The van der Waals surface area contributed by atoms with Crippen LogP contribution in [0.25, 0.3) is 0 Å². The van der Waals surface area contributed by atoms with Crippen molar-refractivity contribution in [3.63, 3.8) is 0 Å². The SMILES string of the molecule is CCCCCCCCCCCCC/C=C/[C@@H](O)[C@H](CO[C@@H]1OC(CO)[C@@H](O[C@@H]2OC(CO)[C@H](O[C@@H]3OC(CO)[C@H](O)[C@H](O[C@@H]4OC(CO)[C@H](O)[C@H](O[C@]5(C(=O)O)CC(O)[C@@H](NC(C)=O)C([C@H](O)[C@H](O)CO)O5)C4O)C3NC(C)=O)[C@H](O[C@]3(C(=O)O)CC(O)[C@@H](NC(C)=O)C([C@H](O)[C@H](O)CO)O3)C2O)[C@H](O)C1O)NC(=O)CCCCCCCCCCCCCCCCC. The first-order valence-corrected chi connectivity index (χ1v) is 45.2. The lowest BCUT2D eigenvalue weighted by molar-refractivity contribution is -0.405. The largest absolute Gasteiger partial charge is 0.477 e. The van der Waals surface area contributed by atoms with Crippen LogP contribution in [0.5, 0.6) is 0 Å². The minimum Gasteiger partial charge on any atom is -0.477 e. The van der Waals surface area contributed by atoms with Crippen LogP contribution in [0.2, 0.25) is 0 Å². The second-order valence-electron chi connectivity index (χ2n) is 34.2.